The van der Waals surface area contributed by atoms with Gasteiger partial charge >= 0.3 is 6.18 Å². The number of carbonyl (C=O) groups is 1. The Morgan fingerprint density at radius 2 is 1.93 bits per heavy atom. The smallest absolute Gasteiger partial charge is 0.417 e. The first-order valence-corrected chi connectivity index (χ1v) is 9.06. The van der Waals surface area contributed by atoms with Crippen molar-refractivity contribution in [2.75, 3.05) is 6.54 Å². The molecule has 1 amide bonds. The van der Waals surface area contributed by atoms with E-state index in [1.165, 1.54) is 23.0 Å². The largest absolute Gasteiger partial charge is 0.487 e. The molecule has 1 aromatic heterocycles. The lowest BCUT2D eigenvalue weighted by Gasteiger charge is -2.16. The zero-order valence-electron chi connectivity index (χ0n) is 15.5. The van der Waals surface area contributed by atoms with Crippen molar-refractivity contribution in [3.8, 4) is 16.9 Å². The third-order valence-electron chi connectivity index (χ3n) is 4.90. The Morgan fingerprint density at radius 3 is 2.66 bits per heavy atom. The van der Waals surface area contributed by atoms with Crippen molar-refractivity contribution in [3.63, 3.8) is 0 Å². The number of benzene rings is 2. The molecule has 0 aliphatic carbocycles. The van der Waals surface area contributed by atoms with Gasteiger partial charge in [0.05, 0.1) is 12.1 Å². The molecule has 0 saturated heterocycles. The number of hydrogen-bond acceptors (Lipinski definition) is 3. The number of nitrogens with one attached hydrogen (secondary N) is 1. The van der Waals surface area contributed by atoms with E-state index < -0.39 is 11.7 Å². The van der Waals surface area contributed by atoms with Gasteiger partial charge in [0.2, 0.25) is 0 Å². The van der Waals surface area contributed by atoms with Gasteiger partial charge in [-0.3, -0.25) is 9.48 Å². The Kier molecular flexibility index (Phi) is 4.77. The number of aromatic nitrogens is 2. The molecule has 150 valence electrons. The summed E-state index contributed by atoms with van der Waals surface area (Å²) in [5.41, 5.74) is 1.01. The molecule has 0 fully saturated rings. The van der Waals surface area contributed by atoms with Crippen LogP contribution in [0.15, 0.2) is 54.7 Å². The lowest BCUT2D eigenvalue weighted by Crippen LogP contribution is -2.35. The standard InChI is InChI=1S/C21H18F3N3O2/c1-27-18(9-10-26-27)20(28)25-12-14-11-13-5-4-7-16(19(13)29-14)15-6-2-3-8-17(15)21(22,23)24/h2-10,14H,11-12H2,1H3,(H,25,28)/t14-/m0/s1. The Balaban J connectivity index is 1.55. The van der Waals surface area contributed by atoms with Crippen molar-refractivity contribution in [1.29, 1.82) is 0 Å². The summed E-state index contributed by atoms with van der Waals surface area (Å²) in [7, 11) is 1.67. The number of aryl methyl sites for hydroxylation is 1. The maximum absolute atomic E-state index is 13.4. The number of hydrogen-bond donors (Lipinski definition) is 1. The summed E-state index contributed by atoms with van der Waals surface area (Å²) >= 11 is 0. The molecule has 0 unspecified atom stereocenters. The third-order valence-corrected chi connectivity index (χ3v) is 4.90. The maximum Gasteiger partial charge on any atom is 0.417 e. The van der Waals surface area contributed by atoms with Gasteiger partial charge in [0, 0.05) is 25.2 Å². The molecular weight excluding hydrogens is 383 g/mol. The predicted molar refractivity (Wildman–Crippen MR) is 101 cm³/mol. The van der Waals surface area contributed by atoms with E-state index in [0.717, 1.165) is 11.6 Å². The minimum atomic E-state index is -4.46. The van der Waals surface area contributed by atoms with Crippen LogP contribution in [0.4, 0.5) is 13.2 Å². The molecule has 0 radical (unpaired) electrons. The fraction of sp³-hybridized carbons (Fsp3) is 0.238. The van der Waals surface area contributed by atoms with Gasteiger partial charge in [0.15, 0.2) is 0 Å². The summed E-state index contributed by atoms with van der Waals surface area (Å²) in [5, 5.41) is 6.75. The van der Waals surface area contributed by atoms with Gasteiger partial charge in [-0.15, -0.1) is 0 Å². The van der Waals surface area contributed by atoms with Crippen LogP contribution in [0.3, 0.4) is 0 Å². The molecule has 1 aliphatic rings. The van der Waals surface area contributed by atoms with Crippen LogP contribution in [0.5, 0.6) is 5.75 Å². The van der Waals surface area contributed by atoms with Crippen molar-refractivity contribution in [3.05, 3.63) is 71.5 Å². The van der Waals surface area contributed by atoms with Crippen molar-refractivity contribution >= 4 is 5.91 Å². The van der Waals surface area contributed by atoms with Crippen LogP contribution in [0, 0.1) is 0 Å². The molecule has 2 aromatic carbocycles. The molecule has 0 saturated carbocycles. The van der Waals surface area contributed by atoms with E-state index in [9.17, 15) is 18.0 Å². The molecule has 3 aromatic rings. The summed E-state index contributed by atoms with van der Waals surface area (Å²) in [6.45, 7) is 0.235. The molecule has 1 N–H and O–H groups in total. The van der Waals surface area contributed by atoms with Crippen molar-refractivity contribution in [2.24, 2.45) is 7.05 Å². The molecule has 8 heteroatoms. The molecule has 1 aliphatic heterocycles. The van der Waals surface area contributed by atoms with Gasteiger partial charge in [-0.05, 0) is 23.3 Å². The van der Waals surface area contributed by atoms with Crippen LogP contribution in [-0.2, 0) is 19.6 Å². The second-order valence-electron chi connectivity index (χ2n) is 6.83. The van der Waals surface area contributed by atoms with E-state index in [2.05, 4.69) is 10.4 Å². The van der Waals surface area contributed by atoms with Crippen LogP contribution in [0.25, 0.3) is 11.1 Å². The van der Waals surface area contributed by atoms with Crippen LogP contribution in [0.2, 0.25) is 0 Å². The summed E-state index contributed by atoms with van der Waals surface area (Å²) in [5.74, 6) is 0.149. The van der Waals surface area contributed by atoms with Gasteiger partial charge in [-0.25, -0.2) is 0 Å². The average molecular weight is 401 g/mol. The molecule has 2 heterocycles. The van der Waals surface area contributed by atoms with Crippen molar-refractivity contribution in [2.45, 2.75) is 18.7 Å². The predicted octanol–water partition coefficient (Wildman–Crippen LogP) is 3.84. The first-order valence-electron chi connectivity index (χ1n) is 9.06. The quantitative estimate of drug-likeness (QED) is 0.723. The number of amides is 1. The minimum absolute atomic E-state index is 0.0800. The number of ether oxygens (including phenoxy) is 1. The SMILES string of the molecule is Cn1nccc1C(=O)NC[C@@H]1Cc2cccc(-c3ccccc3C(F)(F)F)c2O1. The molecule has 1 atom stereocenters. The van der Waals surface area contributed by atoms with Gasteiger partial charge < -0.3 is 10.1 Å². The lowest BCUT2D eigenvalue weighted by atomic mass is 9.96. The second kappa shape index (κ2) is 7.27. The fourth-order valence-corrected chi connectivity index (χ4v) is 3.52. The minimum Gasteiger partial charge on any atom is -0.487 e. The zero-order chi connectivity index (χ0) is 20.6. The highest BCUT2D eigenvalue weighted by Crippen LogP contribution is 2.43. The van der Waals surface area contributed by atoms with Gasteiger partial charge in [0.1, 0.15) is 17.5 Å². The van der Waals surface area contributed by atoms with E-state index in [-0.39, 0.29) is 24.1 Å². The number of fused-ring (bicyclic) bond motifs is 1. The normalized spacial score (nSPS) is 15.7. The summed E-state index contributed by atoms with van der Waals surface area (Å²) in [6.07, 6.45) is -2.79. The molecule has 4 rings (SSSR count). The Bertz CT molecular complexity index is 1060. The first-order chi connectivity index (χ1) is 13.8. The fourth-order valence-electron chi connectivity index (χ4n) is 3.52. The monoisotopic (exact) mass is 401 g/mol. The number of halogens is 3. The topological polar surface area (TPSA) is 56.2 Å². The van der Waals surface area contributed by atoms with Crippen LogP contribution in [0.1, 0.15) is 21.6 Å². The number of nitrogens with zero attached hydrogens (tertiary/aromatic N) is 2. The summed E-state index contributed by atoms with van der Waals surface area (Å²) < 4.78 is 47.7. The molecular formula is C21H18F3N3O2. The van der Waals surface area contributed by atoms with Crippen molar-refractivity contribution < 1.29 is 22.7 Å². The number of carbonyl (C=O) groups excluding carboxylic acids is 1. The van der Waals surface area contributed by atoms with Crippen LogP contribution in [-0.4, -0.2) is 28.3 Å². The number of alkyl halides is 3. The van der Waals surface area contributed by atoms with Gasteiger partial charge in [-0.2, -0.15) is 18.3 Å². The zero-order valence-corrected chi connectivity index (χ0v) is 15.5. The van der Waals surface area contributed by atoms with Gasteiger partial charge in [0.25, 0.3) is 5.91 Å². The van der Waals surface area contributed by atoms with E-state index in [0.29, 0.717) is 23.4 Å². The second-order valence-corrected chi connectivity index (χ2v) is 6.83. The maximum atomic E-state index is 13.4. The van der Waals surface area contributed by atoms with E-state index in [1.807, 2.05) is 6.07 Å². The average Bonchev–Trinajstić information content (AvgIpc) is 3.31. The highest BCUT2D eigenvalue weighted by atomic mass is 19.4. The van der Waals surface area contributed by atoms with Gasteiger partial charge in [-0.1, -0.05) is 36.4 Å². The highest BCUT2D eigenvalue weighted by Gasteiger charge is 2.35. The van der Waals surface area contributed by atoms with E-state index in [4.69, 9.17) is 4.74 Å². The number of para-hydroxylation sites is 1. The highest BCUT2D eigenvalue weighted by molar-refractivity contribution is 5.92. The summed E-state index contributed by atoms with van der Waals surface area (Å²) in [4.78, 5) is 12.2. The number of rotatable bonds is 4. The van der Waals surface area contributed by atoms with Crippen LogP contribution >= 0.6 is 0 Å². The molecule has 0 spiro atoms. The van der Waals surface area contributed by atoms with Crippen LogP contribution < -0.4 is 10.1 Å². The molecule has 0 bridgehead atoms. The Morgan fingerprint density at radius 1 is 1.17 bits per heavy atom. The summed E-state index contributed by atoms with van der Waals surface area (Å²) in [6, 6.07) is 12.2. The van der Waals surface area contributed by atoms with Crippen molar-refractivity contribution in [1.82, 2.24) is 15.1 Å². The third kappa shape index (κ3) is 3.70. The molecule has 5 nitrogen and oxygen atoms in total. The van der Waals surface area contributed by atoms with E-state index in [1.54, 1.807) is 31.3 Å². The molecule has 29 heavy (non-hydrogen) atoms. The van der Waals surface area contributed by atoms with E-state index >= 15 is 0 Å². The Hall–Kier alpha value is -3.29. The first kappa shape index (κ1) is 19.0. The Labute approximate surface area is 165 Å². The lowest BCUT2D eigenvalue weighted by molar-refractivity contribution is -0.137.